The van der Waals surface area contributed by atoms with E-state index >= 15 is 0 Å². The number of hydrogen-bond acceptors (Lipinski definition) is 10. The van der Waals surface area contributed by atoms with Gasteiger partial charge in [-0.25, -0.2) is 0 Å². The molecule has 0 spiro atoms. The van der Waals surface area contributed by atoms with Gasteiger partial charge in [0.05, 0.1) is 32.0 Å². The molecule has 11 nitrogen and oxygen atoms in total. The Morgan fingerprint density at radius 1 is 0.409 bits per heavy atom. The normalized spacial score (nSPS) is 17.7. The van der Waals surface area contributed by atoms with E-state index in [2.05, 4.69) is 19.2 Å². The summed E-state index contributed by atoms with van der Waals surface area (Å²) in [6, 6.07) is -0.806. The lowest BCUT2D eigenvalue weighted by Crippen LogP contribution is -2.60. The number of hydrogen-bond donors (Lipinski definition) is 6. The molecule has 0 aromatic rings. The molecule has 0 radical (unpaired) electrons. The van der Waals surface area contributed by atoms with Crippen LogP contribution in [0.5, 0.6) is 0 Å². The Morgan fingerprint density at radius 2 is 0.716 bits per heavy atom. The van der Waals surface area contributed by atoms with E-state index in [0.717, 1.165) is 51.4 Å². The van der Waals surface area contributed by atoms with Gasteiger partial charge in [0.2, 0.25) is 5.91 Å². The second kappa shape index (κ2) is 66.8. The van der Waals surface area contributed by atoms with Crippen molar-refractivity contribution in [1.29, 1.82) is 0 Å². The maximum Gasteiger partial charge on any atom is 0.305 e. The Balaban J connectivity index is 1.93. The van der Waals surface area contributed by atoms with Crippen LogP contribution in [0.2, 0.25) is 0 Å². The molecule has 1 heterocycles. The van der Waals surface area contributed by atoms with Crippen molar-refractivity contribution in [2.75, 3.05) is 19.8 Å². The van der Waals surface area contributed by atoms with Crippen LogP contribution in [0, 0.1) is 0 Å². The van der Waals surface area contributed by atoms with Crippen LogP contribution in [-0.4, -0.2) is 100 Å². The Hall–Kier alpha value is -1.60. The predicted molar refractivity (Wildman–Crippen MR) is 371 cm³/mol. The number of aliphatic hydroxyl groups is 5. The van der Waals surface area contributed by atoms with Crippen LogP contribution in [0.3, 0.4) is 0 Å². The van der Waals surface area contributed by atoms with E-state index in [1.807, 2.05) is 6.08 Å². The Labute approximate surface area is 544 Å². The minimum atomic E-state index is -1.57. The van der Waals surface area contributed by atoms with E-state index in [-0.39, 0.29) is 18.5 Å². The summed E-state index contributed by atoms with van der Waals surface area (Å²) in [5.41, 5.74) is 0. The molecular weight excluding hydrogens is 1100 g/mol. The number of unbranched alkanes of at least 4 members (excludes halogenated alkanes) is 56. The van der Waals surface area contributed by atoms with Crippen molar-refractivity contribution in [1.82, 2.24) is 5.32 Å². The maximum absolute atomic E-state index is 13.1. The Kier molecular flexibility index (Phi) is 64.1. The third kappa shape index (κ3) is 54.9. The number of ether oxygens (including phenoxy) is 3. The first-order valence-electron chi connectivity index (χ1n) is 39.0. The number of amides is 1. The summed E-state index contributed by atoms with van der Waals surface area (Å²) >= 11 is 0. The summed E-state index contributed by atoms with van der Waals surface area (Å²) in [6.07, 6.45) is 73.6. The fourth-order valence-electron chi connectivity index (χ4n) is 12.8. The third-order valence-corrected chi connectivity index (χ3v) is 18.9. The first-order valence-corrected chi connectivity index (χ1v) is 39.0. The fourth-order valence-corrected chi connectivity index (χ4v) is 12.8. The molecule has 7 atom stereocenters. The summed E-state index contributed by atoms with van der Waals surface area (Å²) in [4.78, 5) is 25.2. The monoisotopic (exact) mass is 1250 g/mol. The second-order valence-corrected chi connectivity index (χ2v) is 27.4. The standard InChI is InChI=1S/C77H149NO10/c1-3-5-7-9-11-13-15-17-37-40-43-47-51-55-59-63-70(80)69(68-87-77-76(85)75(84)74(83)71(67-79)88-77)78-72(81)64-60-56-52-48-44-41-38-35-33-31-29-27-25-23-21-19-18-20-22-24-26-28-30-32-34-36-39-42-46-50-54-58-62-66-86-73(82)65-61-57-53-49-45-16-14-12-10-8-6-4-2/h59,63,69-71,74-77,79-80,83-85H,3-58,60-62,64-68H2,1-2H3,(H,78,81)/b63-59+. The average Bonchev–Trinajstić information content (AvgIpc) is 3.68. The maximum atomic E-state index is 13.1. The zero-order valence-corrected chi connectivity index (χ0v) is 58.2. The molecule has 88 heavy (non-hydrogen) atoms. The average molecular weight is 1250 g/mol. The molecule has 522 valence electrons. The zero-order chi connectivity index (χ0) is 63.7. The van der Waals surface area contributed by atoms with E-state index in [0.29, 0.717) is 19.4 Å². The number of carbonyl (C=O) groups is 2. The van der Waals surface area contributed by atoms with Gasteiger partial charge < -0.3 is 45.1 Å². The highest BCUT2D eigenvalue weighted by Gasteiger charge is 2.44. The first kappa shape index (κ1) is 84.4. The van der Waals surface area contributed by atoms with Gasteiger partial charge in [-0.3, -0.25) is 9.59 Å². The second-order valence-electron chi connectivity index (χ2n) is 27.4. The van der Waals surface area contributed by atoms with Crippen molar-refractivity contribution in [2.24, 2.45) is 0 Å². The first-order chi connectivity index (χ1) is 43.2. The minimum absolute atomic E-state index is 0.0162. The summed E-state index contributed by atoms with van der Waals surface area (Å²) < 4.78 is 16.8. The lowest BCUT2D eigenvalue weighted by Gasteiger charge is -2.40. The van der Waals surface area contributed by atoms with E-state index in [4.69, 9.17) is 14.2 Å². The van der Waals surface area contributed by atoms with Crippen LogP contribution in [0.25, 0.3) is 0 Å². The largest absolute Gasteiger partial charge is 0.466 e. The number of allylic oxidation sites excluding steroid dienone is 1. The predicted octanol–water partition coefficient (Wildman–Crippen LogP) is 20.6. The molecule has 11 heteroatoms. The molecule has 6 N–H and O–H groups in total. The number of carbonyl (C=O) groups excluding carboxylic acids is 2. The van der Waals surface area contributed by atoms with E-state index in [1.54, 1.807) is 6.08 Å². The van der Waals surface area contributed by atoms with Crippen molar-refractivity contribution in [3.63, 3.8) is 0 Å². The van der Waals surface area contributed by atoms with Gasteiger partial charge in [0.15, 0.2) is 6.29 Å². The van der Waals surface area contributed by atoms with Crippen LogP contribution >= 0.6 is 0 Å². The van der Waals surface area contributed by atoms with Crippen LogP contribution in [0.1, 0.15) is 406 Å². The van der Waals surface area contributed by atoms with Crippen LogP contribution in [0.4, 0.5) is 0 Å². The van der Waals surface area contributed by atoms with Crippen LogP contribution in [-0.2, 0) is 23.8 Å². The highest BCUT2D eigenvalue weighted by Crippen LogP contribution is 2.24. The highest BCUT2D eigenvalue weighted by molar-refractivity contribution is 5.76. The molecule has 1 aliphatic heterocycles. The van der Waals surface area contributed by atoms with Crippen LogP contribution < -0.4 is 5.32 Å². The molecule has 1 amide bonds. The van der Waals surface area contributed by atoms with Crippen molar-refractivity contribution in [3.05, 3.63) is 12.2 Å². The lowest BCUT2D eigenvalue weighted by atomic mass is 9.99. The molecule has 0 aliphatic carbocycles. The molecule has 0 aromatic carbocycles. The third-order valence-electron chi connectivity index (χ3n) is 18.9. The Bertz CT molecular complexity index is 1460. The molecule has 1 fully saturated rings. The number of rotatable bonds is 70. The summed E-state index contributed by atoms with van der Waals surface area (Å²) in [5, 5.41) is 54.6. The molecule has 1 aliphatic rings. The zero-order valence-electron chi connectivity index (χ0n) is 58.2. The summed E-state index contributed by atoms with van der Waals surface area (Å²) in [5.74, 6) is -0.157. The molecule has 1 saturated heterocycles. The fraction of sp³-hybridized carbons (Fsp3) is 0.948. The highest BCUT2D eigenvalue weighted by atomic mass is 16.7. The topological polar surface area (TPSA) is 175 Å². The number of nitrogens with one attached hydrogen (secondary N) is 1. The van der Waals surface area contributed by atoms with Crippen molar-refractivity contribution >= 4 is 11.9 Å². The molecule has 0 saturated carbocycles. The van der Waals surface area contributed by atoms with Crippen molar-refractivity contribution in [2.45, 2.75) is 448 Å². The van der Waals surface area contributed by atoms with E-state index in [1.165, 1.54) is 327 Å². The molecule has 7 unspecified atom stereocenters. The molecular formula is C77H149NO10. The van der Waals surface area contributed by atoms with Gasteiger partial charge in [0, 0.05) is 12.8 Å². The van der Waals surface area contributed by atoms with Gasteiger partial charge in [-0.2, -0.15) is 0 Å². The van der Waals surface area contributed by atoms with Gasteiger partial charge in [0.1, 0.15) is 24.4 Å². The Morgan fingerprint density at radius 3 is 1.06 bits per heavy atom. The van der Waals surface area contributed by atoms with E-state index in [9.17, 15) is 35.1 Å². The van der Waals surface area contributed by atoms with E-state index < -0.39 is 49.5 Å². The summed E-state index contributed by atoms with van der Waals surface area (Å²) in [6.45, 7) is 4.41. The van der Waals surface area contributed by atoms with Gasteiger partial charge in [-0.05, 0) is 32.1 Å². The lowest BCUT2D eigenvalue weighted by molar-refractivity contribution is -0.302. The van der Waals surface area contributed by atoms with Crippen molar-refractivity contribution in [3.8, 4) is 0 Å². The van der Waals surface area contributed by atoms with Crippen molar-refractivity contribution < 1.29 is 49.3 Å². The quantitative estimate of drug-likeness (QED) is 0.0195. The number of aliphatic hydroxyl groups excluding tert-OH is 5. The van der Waals surface area contributed by atoms with Gasteiger partial charge in [0.25, 0.3) is 0 Å². The minimum Gasteiger partial charge on any atom is -0.466 e. The SMILES string of the molecule is CCCCCCCCCCCCCCC/C=C/C(O)C(COC1OC(CO)C(O)C(O)C1O)NC(=O)CCCCCCCCCCCCCCCCCCCCCCCCCCCCCCCCCCCOC(=O)CCCCCCCCCCCCCC. The summed E-state index contributed by atoms with van der Waals surface area (Å²) in [7, 11) is 0. The smallest absolute Gasteiger partial charge is 0.305 e. The molecule has 1 rings (SSSR count). The number of esters is 1. The van der Waals surface area contributed by atoms with Gasteiger partial charge in [-0.15, -0.1) is 0 Å². The van der Waals surface area contributed by atoms with Gasteiger partial charge >= 0.3 is 5.97 Å². The van der Waals surface area contributed by atoms with Gasteiger partial charge in [-0.1, -0.05) is 373 Å². The molecule has 0 aromatic heterocycles. The van der Waals surface area contributed by atoms with Crippen LogP contribution in [0.15, 0.2) is 12.2 Å². The molecule has 0 bridgehead atoms.